The van der Waals surface area contributed by atoms with E-state index in [2.05, 4.69) is 19.2 Å². The zero-order chi connectivity index (χ0) is 15.1. The highest BCUT2D eigenvalue weighted by molar-refractivity contribution is 5.39. The second-order valence-corrected chi connectivity index (χ2v) is 6.49. The molecule has 1 saturated carbocycles. The Balaban J connectivity index is 1.87. The summed E-state index contributed by atoms with van der Waals surface area (Å²) in [5, 5.41) is 3.62. The molecule has 1 aliphatic carbocycles. The van der Waals surface area contributed by atoms with Crippen molar-refractivity contribution < 1.29 is 9.47 Å². The first-order chi connectivity index (χ1) is 10.2. The van der Waals surface area contributed by atoms with Crippen molar-refractivity contribution >= 4 is 0 Å². The number of hydrogen-bond donors (Lipinski definition) is 1. The van der Waals surface area contributed by atoms with Crippen molar-refractivity contribution in [2.45, 2.75) is 52.0 Å². The molecule has 0 atom stereocenters. The highest BCUT2D eigenvalue weighted by Crippen LogP contribution is 2.41. The highest BCUT2D eigenvalue weighted by atomic mass is 16.5. The maximum atomic E-state index is 5.97. The van der Waals surface area contributed by atoms with E-state index in [0.29, 0.717) is 11.5 Å². The Morgan fingerprint density at radius 3 is 2.43 bits per heavy atom. The average Bonchev–Trinajstić information content (AvgIpc) is 2.95. The molecule has 1 aliphatic rings. The molecule has 0 spiro atoms. The molecule has 1 aromatic carbocycles. The number of rotatable bonds is 8. The molecule has 1 fully saturated rings. The lowest BCUT2D eigenvalue weighted by Gasteiger charge is -2.30. The lowest BCUT2D eigenvalue weighted by Crippen LogP contribution is -2.37. The van der Waals surface area contributed by atoms with Gasteiger partial charge in [0, 0.05) is 12.6 Å². The van der Waals surface area contributed by atoms with Crippen LogP contribution in [0.2, 0.25) is 0 Å². The topological polar surface area (TPSA) is 30.5 Å². The van der Waals surface area contributed by atoms with Crippen LogP contribution in [0, 0.1) is 5.41 Å². The van der Waals surface area contributed by atoms with Gasteiger partial charge in [0.05, 0.1) is 13.7 Å². The van der Waals surface area contributed by atoms with Crippen LogP contribution in [0.4, 0.5) is 0 Å². The fourth-order valence-electron chi connectivity index (χ4n) is 3.18. The Morgan fingerprint density at radius 1 is 1.14 bits per heavy atom. The van der Waals surface area contributed by atoms with Crippen LogP contribution in [0.15, 0.2) is 24.3 Å². The molecule has 0 radical (unpaired) electrons. The minimum atomic E-state index is 0.423. The first kappa shape index (κ1) is 16.2. The van der Waals surface area contributed by atoms with Gasteiger partial charge in [-0.15, -0.1) is 0 Å². The second kappa shape index (κ2) is 7.69. The number of benzene rings is 1. The minimum Gasteiger partial charge on any atom is -0.493 e. The number of para-hydroxylation sites is 2. The predicted octanol–water partition coefficient (Wildman–Crippen LogP) is 4.02. The summed E-state index contributed by atoms with van der Waals surface area (Å²) in [4.78, 5) is 0. The van der Waals surface area contributed by atoms with E-state index in [1.807, 2.05) is 24.3 Å². The van der Waals surface area contributed by atoms with Crippen LogP contribution in [-0.4, -0.2) is 26.3 Å². The Hall–Kier alpha value is -1.22. The van der Waals surface area contributed by atoms with Crippen LogP contribution in [0.5, 0.6) is 11.5 Å². The zero-order valence-electron chi connectivity index (χ0n) is 13.7. The number of ether oxygens (including phenoxy) is 2. The molecule has 0 heterocycles. The standard InChI is InChI=1S/C18H29NO2/c1-15(2)19-14-18(10-6-7-11-18)12-13-21-17-9-5-4-8-16(17)20-3/h4-5,8-9,15,19H,6-7,10-14H2,1-3H3. The molecular formula is C18H29NO2. The molecule has 118 valence electrons. The van der Waals surface area contributed by atoms with E-state index in [0.717, 1.165) is 31.1 Å². The Morgan fingerprint density at radius 2 is 1.81 bits per heavy atom. The predicted molar refractivity (Wildman–Crippen MR) is 87.1 cm³/mol. The maximum absolute atomic E-state index is 5.97. The van der Waals surface area contributed by atoms with Gasteiger partial charge in [-0.2, -0.15) is 0 Å². The van der Waals surface area contributed by atoms with Crippen molar-refractivity contribution in [3.05, 3.63) is 24.3 Å². The van der Waals surface area contributed by atoms with Crippen LogP contribution in [0.1, 0.15) is 46.0 Å². The molecule has 3 heteroatoms. The summed E-state index contributed by atoms with van der Waals surface area (Å²) in [6, 6.07) is 8.44. The maximum Gasteiger partial charge on any atom is 0.161 e. The number of hydrogen-bond acceptors (Lipinski definition) is 3. The normalized spacial score (nSPS) is 17.1. The molecule has 0 amide bonds. The quantitative estimate of drug-likeness (QED) is 0.784. The van der Waals surface area contributed by atoms with Crippen molar-refractivity contribution in [1.29, 1.82) is 0 Å². The van der Waals surface area contributed by atoms with E-state index >= 15 is 0 Å². The summed E-state index contributed by atoms with van der Waals surface area (Å²) in [5.41, 5.74) is 0.423. The third kappa shape index (κ3) is 4.63. The van der Waals surface area contributed by atoms with Gasteiger partial charge in [-0.1, -0.05) is 38.8 Å². The SMILES string of the molecule is COc1ccccc1OCCC1(CNC(C)C)CCCC1. The molecule has 3 nitrogen and oxygen atoms in total. The molecule has 21 heavy (non-hydrogen) atoms. The van der Waals surface area contributed by atoms with Gasteiger partial charge >= 0.3 is 0 Å². The summed E-state index contributed by atoms with van der Waals surface area (Å²) < 4.78 is 11.3. The molecule has 2 rings (SSSR count). The summed E-state index contributed by atoms with van der Waals surface area (Å²) in [7, 11) is 1.69. The van der Waals surface area contributed by atoms with E-state index in [1.165, 1.54) is 25.7 Å². The van der Waals surface area contributed by atoms with Gasteiger partial charge in [-0.05, 0) is 36.8 Å². The molecular weight excluding hydrogens is 262 g/mol. The van der Waals surface area contributed by atoms with Crippen LogP contribution in [0.3, 0.4) is 0 Å². The van der Waals surface area contributed by atoms with Crippen molar-refractivity contribution in [3.63, 3.8) is 0 Å². The first-order valence-electron chi connectivity index (χ1n) is 8.14. The molecule has 0 aromatic heterocycles. The fraction of sp³-hybridized carbons (Fsp3) is 0.667. The molecule has 0 saturated heterocycles. The van der Waals surface area contributed by atoms with Crippen LogP contribution < -0.4 is 14.8 Å². The Labute approximate surface area is 129 Å². The van der Waals surface area contributed by atoms with E-state index < -0.39 is 0 Å². The third-order valence-corrected chi connectivity index (χ3v) is 4.51. The van der Waals surface area contributed by atoms with Gasteiger partial charge < -0.3 is 14.8 Å². The first-order valence-corrected chi connectivity index (χ1v) is 8.14. The van der Waals surface area contributed by atoms with Gasteiger partial charge in [0.1, 0.15) is 0 Å². The molecule has 1 N–H and O–H groups in total. The fourth-order valence-corrected chi connectivity index (χ4v) is 3.18. The van der Waals surface area contributed by atoms with Gasteiger partial charge in [-0.3, -0.25) is 0 Å². The molecule has 0 unspecified atom stereocenters. The van der Waals surface area contributed by atoms with Crippen molar-refractivity contribution in [3.8, 4) is 11.5 Å². The lowest BCUT2D eigenvalue weighted by atomic mass is 9.82. The largest absolute Gasteiger partial charge is 0.493 e. The van der Waals surface area contributed by atoms with Gasteiger partial charge in [0.2, 0.25) is 0 Å². The van der Waals surface area contributed by atoms with Crippen LogP contribution in [0.25, 0.3) is 0 Å². The average molecular weight is 291 g/mol. The number of methoxy groups -OCH3 is 1. The minimum absolute atomic E-state index is 0.423. The zero-order valence-corrected chi connectivity index (χ0v) is 13.7. The highest BCUT2D eigenvalue weighted by Gasteiger charge is 2.33. The van der Waals surface area contributed by atoms with Gasteiger partial charge in [-0.25, -0.2) is 0 Å². The smallest absolute Gasteiger partial charge is 0.161 e. The third-order valence-electron chi connectivity index (χ3n) is 4.51. The van der Waals surface area contributed by atoms with Gasteiger partial charge in [0.25, 0.3) is 0 Å². The molecule has 0 aliphatic heterocycles. The van der Waals surface area contributed by atoms with Crippen molar-refractivity contribution in [2.75, 3.05) is 20.3 Å². The summed E-state index contributed by atoms with van der Waals surface area (Å²) in [5.74, 6) is 1.67. The Kier molecular flexibility index (Phi) is 5.92. The van der Waals surface area contributed by atoms with Crippen LogP contribution in [-0.2, 0) is 0 Å². The van der Waals surface area contributed by atoms with E-state index in [4.69, 9.17) is 9.47 Å². The van der Waals surface area contributed by atoms with Crippen molar-refractivity contribution in [2.24, 2.45) is 5.41 Å². The lowest BCUT2D eigenvalue weighted by molar-refractivity contribution is 0.185. The second-order valence-electron chi connectivity index (χ2n) is 6.49. The molecule has 0 bridgehead atoms. The van der Waals surface area contributed by atoms with E-state index in [9.17, 15) is 0 Å². The van der Waals surface area contributed by atoms with Crippen LogP contribution >= 0.6 is 0 Å². The summed E-state index contributed by atoms with van der Waals surface area (Å²) in [6.07, 6.45) is 6.47. The molecule has 1 aromatic rings. The summed E-state index contributed by atoms with van der Waals surface area (Å²) in [6.45, 7) is 6.31. The van der Waals surface area contributed by atoms with E-state index in [1.54, 1.807) is 7.11 Å². The monoisotopic (exact) mass is 291 g/mol. The van der Waals surface area contributed by atoms with E-state index in [-0.39, 0.29) is 0 Å². The summed E-state index contributed by atoms with van der Waals surface area (Å²) >= 11 is 0. The van der Waals surface area contributed by atoms with Gasteiger partial charge in [0.15, 0.2) is 11.5 Å². The number of nitrogens with one attached hydrogen (secondary N) is 1. The van der Waals surface area contributed by atoms with Crippen molar-refractivity contribution in [1.82, 2.24) is 5.32 Å². The Bertz CT molecular complexity index is 425.